The molecule has 128 valence electrons. The van der Waals surface area contributed by atoms with Gasteiger partial charge >= 0.3 is 0 Å². The van der Waals surface area contributed by atoms with Gasteiger partial charge in [-0.05, 0) is 50.8 Å². The Labute approximate surface area is 143 Å². The predicted octanol–water partition coefficient (Wildman–Crippen LogP) is 4.90. The molecule has 3 rings (SSSR count). The molecule has 1 atom stereocenters. The number of aromatic hydroxyl groups is 2. The van der Waals surface area contributed by atoms with Crippen molar-refractivity contribution in [2.24, 2.45) is 7.05 Å². The lowest BCUT2D eigenvalue weighted by Crippen LogP contribution is -2.03. The van der Waals surface area contributed by atoms with Gasteiger partial charge in [0.25, 0.3) is 0 Å². The molecular formula is C20H26N2O2. The van der Waals surface area contributed by atoms with Gasteiger partial charge in [-0.1, -0.05) is 17.7 Å². The molecule has 0 fully saturated rings. The summed E-state index contributed by atoms with van der Waals surface area (Å²) in [6.07, 6.45) is 10.6. The smallest absolute Gasteiger partial charge is 0.123 e. The Balaban J connectivity index is 0.000000647. The first kappa shape index (κ1) is 17.9. The number of hydrogen-bond acceptors (Lipinski definition) is 3. The van der Waals surface area contributed by atoms with E-state index >= 15 is 0 Å². The number of hydrogen-bond donors (Lipinski definition) is 2. The maximum atomic E-state index is 10.4. The van der Waals surface area contributed by atoms with Gasteiger partial charge in [0.15, 0.2) is 0 Å². The molecule has 2 aromatic rings. The fraction of sp³-hybridized carbons (Fsp3) is 0.350. The highest BCUT2D eigenvalue weighted by atomic mass is 16.3. The second-order valence-corrected chi connectivity index (χ2v) is 6.25. The number of nitrogens with zero attached hydrogens (tertiary/aromatic N) is 2. The van der Waals surface area contributed by atoms with Crippen molar-refractivity contribution in [3.63, 3.8) is 0 Å². The molecule has 1 aromatic heterocycles. The van der Waals surface area contributed by atoms with Gasteiger partial charge in [-0.15, -0.1) is 6.58 Å². The van der Waals surface area contributed by atoms with Crippen molar-refractivity contribution in [2.45, 2.75) is 39.0 Å². The summed E-state index contributed by atoms with van der Waals surface area (Å²) in [4.78, 5) is 0. The summed E-state index contributed by atoms with van der Waals surface area (Å²) in [5, 5.41) is 24.8. The van der Waals surface area contributed by atoms with Gasteiger partial charge in [0.1, 0.15) is 11.5 Å². The molecule has 4 heteroatoms. The third-order valence-corrected chi connectivity index (χ3v) is 4.12. The molecule has 24 heavy (non-hydrogen) atoms. The van der Waals surface area contributed by atoms with Crippen molar-refractivity contribution in [1.82, 2.24) is 9.78 Å². The quantitative estimate of drug-likeness (QED) is 0.771. The van der Waals surface area contributed by atoms with Gasteiger partial charge < -0.3 is 10.2 Å². The second kappa shape index (κ2) is 7.86. The lowest BCUT2D eigenvalue weighted by atomic mass is 9.84. The zero-order valence-corrected chi connectivity index (χ0v) is 14.7. The van der Waals surface area contributed by atoms with Crippen molar-refractivity contribution in [3.05, 3.63) is 54.4 Å². The Morgan fingerprint density at radius 2 is 1.88 bits per heavy atom. The highest BCUT2D eigenvalue weighted by Gasteiger charge is 2.21. The molecule has 2 N–H and O–H groups in total. The van der Waals surface area contributed by atoms with E-state index in [2.05, 4.69) is 24.7 Å². The molecule has 1 aromatic carbocycles. The third kappa shape index (κ3) is 4.07. The number of phenolic OH excluding ortho intramolecular Hbond substituents is 2. The van der Waals surface area contributed by atoms with Gasteiger partial charge in [0.2, 0.25) is 0 Å². The molecule has 4 nitrogen and oxygen atoms in total. The summed E-state index contributed by atoms with van der Waals surface area (Å²) < 4.78 is 1.70. The van der Waals surface area contributed by atoms with E-state index in [1.165, 1.54) is 5.57 Å². The average Bonchev–Trinajstić information content (AvgIpc) is 2.94. The largest absolute Gasteiger partial charge is 0.507 e. The molecule has 0 saturated carbocycles. The van der Waals surface area contributed by atoms with Crippen LogP contribution in [0.2, 0.25) is 0 Å². The monoisotopic (exact) mass is 326 g/mol. The first-order valence-electron chi connectivity index (χ1n) is 8.25. The predicted molar refractivity (Wildman–Crippen MR) is 98.2 cm³/mol. The highest BCUT2D eigenvalue weighted by molar-refractivity contribution is 5.68. The Morgan fingerprint density at radius 1 is 1.25 bits per heavy atom. The summed E-state index contributed by atoms with van der Waals surface area (Å²) in [5.74, 6) is 0.413. The minimum Gasteiger partial charge on any atom is -0.507 e. The summed E-state index contributed by atoms with van der Waals surface area (Å²) in [6.45, 7) is 7.35. The molecule has 0 spiro atoms. The van der Waals surface area contributed by atoms with E-state index in [1.54, 1.807) is 29.1 Å². The van der Waals surface area contributed by atoms with Crippen LogP contribution in [0, 0.1) is 0 Å². The fourth-order valence-electron chi connectivity index (χ4n) is 3.08. The van der Waals surface area contributed by atoms with Crippen LogP contribution < -0.4 is 0 Å². The summed E-state index contributed by atoms with van der Waals surface area (Å²) in [7, 11) is 1.84. The van der Waals surface area contributed by atoms with Crippen LogP contribution in [0.15, 0.2) is 48.8 Å². The van der Waals surface area contributed by atoms with Crippen LogP contribution in [0.1, 0.15) is 44.6 Å². The van der Waals surface area contributed by atoms with Gasteiger partial charge in [-0.3, -0.25) is 4.68 Å². The van der Waals surface area contributed by atoms with Gasteiger partial charge in [-0.2, -0.15) is 5.10 Å². The normalized spacial score (nSPS) is 16.8. The molecule has 1 heterocycles. The van der Waals surface area contributed by atoms with E-state index in [9.17, 15) is 10.2 Å². The second-order valence-electron chi connectivity index (χ2n) is 6.25. The van der Waals surface area contributed by atoms with Crippen molar-refractivity contribution in [2.75, 3.05) is 0 Å². The number of allylic oxidation sites excluding steroid dienone is 3. The van der Waals surface area contributed by atoms with Crippen molar-refractivity contribution in [1.29, 1.82) is 0 Å². The maximum Gasteiger partial charge on any atom is 0.123 e. The lowest BCUT2D eigenvalue weighted by molar-refractivity contribution is 0.429. The Bertz CT molecular complexity index is 721. The Hall–Kier alpha value is -2.49. The van der Waals surface area contributed by atoms with E-state index in [0.29, 0.717) is 5.56 Å². The molecular weight excluding hydrogens is 300 g/mol. The summed E-state index contributed by atoms with van der Waals surface area (Å²) in [5.41, 5.74) is 3.62. The van der Waals surface area contributed by atoms with Crippen LogP contribution in [-0.4, -0.2) is 20.0 Å². The van der Waals surface area contributed by atoms with Crippen LogP contribution in [0.25, 0.3) is 11.1 Å². The molecule has 0 saturated heterocycles. The minimum absolute atomic E-state index is 0.0988. The number of benzene rings is 1. The standard InChI is InChI=1S/C17H20N2O2.C3H6/c1-11-4-3-5-12(6-11)17-15(20)7-13(8-16(17)21)14-9-18-19(2)10-14;1-3-2/h6-10,12,20-21H,3-5H2,1-2H3;3H,1H2,2H3. The zero-order chi connectivity index (χ0) is 17.7. The summed E-state index contributed by atoms with van der Waals surface area (Å²) in [6, 6.07) is 3.42. The molecule has 0 aliphatic heterocycles. The highest BCUT2D eigenvalue weighted by Crippen LogP contribution is 2.42. The van der Waals surface area contributed by atoms with Gasteiger partial charge in [0.05, 0.1) is 6.20 Å². The topological polar surface area (TPSA) is 58.3 Å². The van der Waals surface area contributed by atoms with Crippen molar-refractivity contribution in [3.8, 4) is 22.6 Å². The van der Waals surface area contributed by atoms with Crippen molar-refractivity contribution < 1.29 is 10.2 Å². The molecule has 1 aliphatic rings. The number of aryl methyl sites for hydroxylation is 1. The van der Waals surface area contributed by atoms with Crippen LogP contribution in [0.5, 0.6) is 11.5 Å². The third-order valence-electron chi connectivity index (χ3n) is 4.12. The molecule has 0 radical (unpaired) electrons. The molecule has 0 bridgehead atoms. The maximum absolute atomic E-state index is 10.4. The number of aromatic nitrogens is 2. The molecule has 1 unspecified atom stereocenters. The summed E-state index contributed by atoms with van der Waals surface area (Å²) >= 11 is 0. The Morgan fingerprint density at radius 3 is 2.38 bits per heavy atom. The van der Waals surface area contributed by atoms with E-state index < -0.39 is 0 Å². The van der Waals surface area contributed by atoms with Crippen molar-refractivity contribution >= 4 is 0 Å². The molecule has 0 amide bonds. The SMILES string of the molecule is C=CC.CC1=CC(c2c(O)cc(-c3cnn(C)c3)cc2O)CCC1. The average molecular weight is 326 g/mol. The lowest BCUT2D eigenvalue weighted by Gasteiger charge is -2.22. The minimum atomic E-state index is 0.0988. The van der Waals surface area contributed by atoms with E-state index in [0.717, 1.165) is 30.4 Å². The van der Waals surface area contributed by atoms with Crippen LogP contribution in [0.4, 0.5) is 0 Å². The van der Waals surface area contributed by atoms with Crippen LogP contribution in [0.3, 0.4) is 0 Å². The number of rotatable bonds is 2. The van der Waals surface area contributed by atoms with Gasteiger partial charge in [0, 0.05) is 30.3 Å². The van der Waals surface area contributed by atoms with E-state index in [1.807, 2.05) is 20.2 Å². The zero-order valence-electron chi connectivity index (χ0n) is 14.7. The van der Waals surface area contributed by atoms with E-state index in [-0.39, 0.29) is 17.4 Å². The first-order valence-corrected chi connectivity index (χ1v) is 8.25. The Kier molecular flexibility index (Phi) is 5.85. The van der Waals surface area contributed by atoms with Crippen LogP contribution >= 0.6 is 0 Å². The molecule has 1 aliphatic carbocycles. The number of phenols is 2. The van der Waals surface area contributed by atoms with Gasteiger partial charge in [-0.25, -0.2) is 0 Å². The van der Waals surface area contributed by atoms with Crippen LogP contribution in [-0.2, 0) is 7.05 Å². The first-order chi connectivity index (χ1) is 11.5. The fourth-order valence-corrected chi connectivity index (χ4v) is 3.08. The van der Waals surface area contributed by atoms with E-state index in [4.69, 9.17) is 0 Å².